The zero-order valence-corrected chi connectivity index (χ0v) is 16.8. The molecule has 2 aliphatic rings. The summed E-state index contributed by atoms with van der Waals surface area (Å²) in [7, 11) is 0. The van der Waals surface area contributed by atoms with Crippen LogP contribution in [-0.2, 0) is 4.74 Å². The summed E-state index contributed by atoms with van der Waals surface area (Å²) in [5.74, 6) is 2.50. The van der Waals surface area contributed by atoms with Crippen molar-refractivity contribution in [3.05, 3.63) is 41.1 Å². The second kappa shape index (κ2) is 8.15. The number of likely N-dealkylation sites (tertiary alicyclic amines) is 1. The normalized spacial score (nSPS) is 21.4. The largest absolute Gasteiger partial charge is 0.381 e. The zero-order chi connectivity index (χ0) is 18.8. The lowest BCUT2D eigenvalue weighted by atomic mass is 10.0. The molecule has 4 heterocycles. The van der Waals surface area contributed by atoms with Crippen LogP contribution in [0.4, 0.5) is 5.82 Å². The summed E-state index contributed by atoms with van der Waals surface area (Å²) >= 11 is 1.68. The smallest absolute Gasteiger partial charge is 0.162 e. The number of aromatic nitrogens is 2. The van der Waals surface area contributed by atoms with Gasteiger partial charge in [-0.15, -0.1) is 0 Å². The molecule has 1 N–H and O–H groups in total. The van der Waals surface area contributed by atoms with E-state index in [0.717, 1.165) is 73.2 Å². The molecule has 1 atom stereocenters. The van der Waals surface area contributed by atoms with Crippen LogP contribution < -0.4 is 5.32 Å². The van der Waals surface area contributed by atoms with Gasteiger partial charge >= 0.3 is 0 Å². The van der Waals surface area contributed by atoms with E-state index >= 15 is 0 Å². The molecule has 28 heavy (non-hydrogen) atoms. The fourth-order valence-corrected chi connectivity index (χ4v) is 4.89. The quantitative estimate of drug-likeness (QED) is 0.700. The molecule has 1 aromatic carbocycles. The van der Waals surface area contributed by atoms with E-state index in [0.29, 0.717) is 6.04 Å². The van der Waals surface area contributed by atoms with Crippen LogP contribution in [0.1, 0.15) is 19.3 Å². The molecule has 6 heteroatoms. The molecule has 0 aliphatic carbocycles. The van der Waals surface area contributed by atoms with Gasteiger partial charge in [0.25, 0.3) is 0 Å². The van der Waals surface area contributed by atoms with Crippen molar-refractivity contribution in [2.24, 2.45) is 5.92 Å². The number of para-hydroxylation sites is 1. The van der Waals surface area contributed by atoms with Crippen molar-refractivity contribution in [1.29, 1.82) is 0 Å². The molecule has 5 nitrogen and oxygen atoms in total. The summed E-state index contributed by atoms with van der Waals surface area (Å²) in [6, 6.07) is 10.8. The molecule has 0 radical (unpaired) electrons. The van der Waals surface area contributed by atoms with Crippen molar-refractivity contribution < 1.29 is 4.74 Å². The second-order valence-electron chi connectivity index (χ2n) is 7.87. The third kappa shape index (κ3) is 3.90. The number of hydrogen-bond acceptors (Lipinski definition) is 6. The van der Waals surface area contributed by atoms with Crippen molar-refractivity contribution in [3.8, 4) is 11.4 Å². The fraction of sp³-hybridized carbons (Fsp3) is 0.455. The van der Waals surface area contributed by atoms with E-state index in [4.69, 9.17) is 14.7 Å². The van der Waals surface area contributed by atoms with Gasteiger partial charge in [-0.2, -0.15) is 11.3 Å². The minimum absolute atomic E-state index is 0.463. The first-order valence-corrected chi connectivity index (χ1v) is 11.2. The van der Waals surface area contributed by atoms with Crippen LogP contribution in [0.25, 0.3) is 22.3 Å². The average molecular weight is 395 g/mol. The predicted molar refractivity (Wildman–Crippen MR) is 115 cm³/mol. The Kier molecular flexibility index (Phi) is 5.25. The molecule has 2 saturated heterocycles. The van der Waals surface area contributed by atoms with Gasteiger partial charge in [0.15, 0.2) is 5.82 Å². The Morgan fingerprint density at radius 3 is 2.79 bits per heavy atom. The Morgan fingerprint density at radius 1 is 1.11 bits per heavy atom. The van der Waals surface area contributed by atoms with Gasteiger partial charge in [0.2, 0.25) is 0 Å². The van der Waals surface area contributed by atoms with E-state index in [1.165, 1.54) is 13.0 Å². The Morgan fingerprint density at radius 2 is 2.00 bits per heavy atom. The van der Waals surface area contributed by atoms with Crippen LogP contribution in [0.5, 0.6) is 0 Å². The average Bonchev–Trinajstić information content (AvgIpc) is 3.44. The van der Waals surface area contributed by atoms with E-state index in [1.807, 2.05) is 6.07 Å². The molecule has 0 amide bonds. The van der Waals surface area contributed by atoms with Crippen LogP contribution >= 0.6 is 11.3 Å². The number of thiophene rings is 1. The number of anilines is 1. The van der Waals surface area contributed by atoms with Crippen LogP contribution in [0, 0.1) is 5.92 Å². The molecule has 0 spiro atoms. The first-order chi connectivity index (χ1) is 13.8. The van der Waals surface area contributed by atoms with Crippen LogP contribution in [0.15, 0.2) is 41.1 Å². The Labute approximate surface area is 169 Å². The van der Waals surface area contributed by atoms with Gasteiger partial charge in [-0.3, -0.25) is 0 Å². The third-order valence-corrected chi connectivity index (χ3v) is 6.53. The van der Waals surface area contributed by atoms with Gasteiger partial charge in [0, 0.05) is 48.6 Å². The highest BCUT2D eigenvalue weighted by Gasteiger charge is 2.24. The van der Waals surface area contributed by atoms with Gasteiger partial charge in [-0.25, -0.2) is 9.97 Å². The van der Waals surface area contributed by atoms with Crippen molar-refractivity contribution in [1.82, 2.24) is 14.9 Å². The lowest BCUT2D eigenvalue weighted by molar-refractivity contribution is 0.154. The van der Waals surface area contributed by atoms with E-state index in [9.17, 15) is 0 Å². The van der Waals surface area contributed by atoms with Gasteiger partial charge in [-0.05, 0) is 48.8 Å². The Balaban J connectivity index is 1.31. The summed E-state index contributed by atoms with van der Waals surface area (Å²) in [5, 5.41) is 9.03. The lowest BCUT2D eigenvalue weighted by Gasteiger charge is -2.34. The molecule has 5 rings (SSSR count). The number of nitrogens with one attached hydrogen (secondary N) is 1. The second-order valence-corrected chi connectivity index (χ2v) is 8.65. The monoisotopic (exact) mass is 394 g/mol. The van der Waals surface area contributed by atoms with Crippen molar-refractivity contribution in [2.75, 3.05) is 38.2 Å². The highest BCUT2D eigenvalue weighted by molar-refractivity contribution is 7.08. The summed E-state index contributed by atoms with van der Waals surface area (Å²) < 4.78 is 5.53. The number of ether oxygens (including phenoxy) is 1. The van der Waals surface area contributed by atoms with E-state index in [-0.39, 0.29) is 0 Å². The maximum absolute atomic E-state index is 5.53. The number of fused-ring (bicyclic) bond motifs is 1. The topological polar surface area (TPSA) is 50.3 Å². The highest BCUT2D eigenvalue weighted by Crippen LogP contribution is 2.28. The van der Waals surface area contributed by atoms with Gasteiger partial charge in [-0.1, -0.05) is 12.1 Å². The predicted octanol–water partition coefficient (Wildman–Crippen LogP) is 4.27. The molecule has 2 fully saturated rings. The van der Waals surface area contributed by atoms with Gasteiger partial charge in [0.05, 0.1) is 12.1 Å². The number of rotatable bonds is 5. The molecule has 2 aromatic heterocycles. The van der Waals surface area contributed by atoms with Crippen molar-refractivity contribution in [3.63, 3.8) is 0 Å². The van der Waals surface area contributed by atoms with E-state index in [2.05, 4.69) is 45.2 Å². The fourth-order valence-electron chi connectivity index (χ4n) is 4.25. The standard InChI is InChI=1S/C22H26N4OS/c1-2-4-20-19(3-1)22(25-21(24-20)17-8-12-28-15-17)23-18-5-9-26(10-6-18)13-16-7-11-27-14-16/h1-4,8,12,15-16,18H,5-7,9-11,13-14H2,(H,23,24,25). The molecule has 3 aromatic rings. The summed E-state index contributed by atoms with van der Waals surface area (Å²) in [6.07, 6.45) is 3.52. The molecule has 1 unspecified atom stereocenters. The number of nitrogens with zero attached hydrogens (tertiary/aromatic N) is 3. The molecule has 146 valence electrons. The van der Waals surface area contributed by atoms with Crippen LogP contribution in [-0.4, -0.2) is 53.8 Å². The van der Waals surface area contributed by atoms with Crippen molar-refractivity contribution in [2.45, 2.75) is 25.3 Å². The number of piperidine rings is 1. The summed E-state index contributed by atoms with van der Waals surface area (Å²) in [6.45, 7) is 5.36. The maximum Gasteiger partial charge on any atom is 0.162 e. The first kappa shape index (κ1) is 18.0. The Bertz CT molecular complexity index is 915. The molecule has 0 bridgehead atoms. The molecule has 2 aliphatic heterocycles. The molecular weight excluding hydrogens is 368 g/mol. The maximum atomic E-state index is 5.53. The van der Waals surface area contributed by atoms with Gasteiger partial charge < -0.3 is 15.0 Å². The first-order valence-electron chi connectivity index (χ1n) is 10.2. The molecule has 0 saturated carbocycles. The molecular formula is C22H26N4OS. The highest BCUT2D eigenvalue weighted by atomic mass is 32.1. The summed E-state index contributed by atoms with van der Waals surface area (Å²) in [4.78, 5) is 12.3. The Hall–Kier alpha value is -2.02. The van der Waals surface area contributed by atoms with Crippen LogP contribution in [0.3, 0.4) is 0 Å². The van der Waals surface area contributed by atoms with Crippen LogP contribution in [0.2, 0.25) is 0 Å². The minimum Gasteiger partial charge on any atom is -0.381 e. The van der Waals surface area contributed by atoms with Crippen molar-refractivity contribution >= 4 is 28.1 Å². The SMILES string of the molecule is c1ccc2c(NC3CCN(CC4CCOC4)CC3)nc(-c3ccsc3)nc2c1. The third-order valence-electron chi connectivity index (χ3n) is 5.85. The lowest BCUT2D eigenvalue weighted by Crippen LogP contribution is -2.41. The summed E-state index contributed by atoms with van der Waals surface area (Å²) in [5.41, 5.74) is 2.09. The minimum atomic E-state index is 0.463. The number of benzene rings is 1. The number of hydrogen-bond donors (Lipinski definition) is 1. The van der Waals surface area contributed by atoms with E-state index < -0.39 is 0 Å². The van der Waals surface area contributed by atoms with Gasteiger partial charge in [0.1, 0.15) is 5.82 Å². The van der Waals surface area contributed by atoms with E-state index in [1.54, 1.807) is 11.3 Å². The zero-order valence-electron chi connectivity index (χ0n) is 16.0.